The predicted molar refractivity (Wildman–Crippen MR) is 101 cm³/mol. The van der Waals surface area contributed by atoms with E-state index in [9.17, 15) is 0 Å². The van der Waals surface area contributed by atoms with Crippen LogP contribution in [0, 0.1) is 0 Å². The molecule has 2 aromatic heterocycles. The second-order valence-corrected chi connectivity index (χ2v) is 7.70. The second kappa shape index (κ2) is 7.55. The monoisotopic (exact) mass is 373 g/mol. The van der Waals surface area contributed by atoms with Gasteiger partial charge in [-0.05, 0) is 29.6 Å². The number of ether oxygens (including phenoxy) is 1. The lowest BCUT2D eigenvalue weighted by Gasteiger charge is -2.32. The van der Waals surface area contributed by atoms with Crippen molar-refractivity contribution in [2.24, 2.45) is 0 Å². The minimum atomic E-state index is 0.475. The molecule has 9 heteroatoms. The third-order valence-electron chi connectivity index (χ3n) is 6.06. The smallest absolute Gasteiger partial charge is 0.245 e. The Labute approximate surface area is 158 Å². The fraction of sp³-hybridized carbons (Fsp3) is 0.778. The van der Waals surface area contributed by atoms with Crippen molar-refractivity contribution in [3.8, 4) is 0 Å². The van der Waals surface area contributed by atoms with Gasteiger partial charge in [-0.25, -0.2) is 14.6 Å². The molecule has 2 saturated heterocycles. The number of aromatic nitrogens is 4. The van der Waals surface area contributed by atoms with Gasteiger partial charge >= 0.3 is 0 Å². The summed E-state index contributed by atoms with van der Waals surface area (Å²) in [6, 6.07) is 0.775. The molecule has 0 unspecified atom stereocenters. The quantitative estimate of drug-likeness (QED) is 0.790. The van der Waals surface area contributed by atoms with E-state index in [4.69, 9.17) is 19.3 Å². The summed E-state index contributed by atoms with van der Waals surface area (Å²) in [5, 5.41) is 7.82. The molecule has 9 nitrogen and oxygen atoms in total. The van der Waals surface area contributed by atoms with Crippen LogP contribution in [-0.4, -0.2) is 83.7 Å². The molecule has 0 spiro atoms. The number of morpholine rings is 1. The third kappa shape index (κ3) is 3.45. The highest BCUT2D eigenvalue weighted by Gasteiger charge is 2.28. The van der Waals surface area contributed by atoms with E-state index >= 15 is 0 Å². The van der Waals surface area contributed by atoms with Crippen LogP contribution in [0.1, 0.15) is 32.1 Å². The molecule has 2 aliphatic heterocycles. The van der Waals surface area contributed by atoms with Gasteiger partial charge in [-0.15, -0.1) is 0 Å². The molecule has 1 saturated carbocycles. The molecule has 5 rings (SSSR count). The van der Waals surface area contributed by atoms with Crippen LogP contribution < -0.4 is 9.80 Å². The SMILES string of the molecule is C1CCC(N2CCCN(c3nc4nonc4nc3N3CCOCC3)CC2)C1. The van der Waals surface area contributed by atoms with E-state index in [-0.39, 0.29) is 0 Å². The minimum absolute atomic E-state index is 0.475. The molecule has 0 N–H and O–H groups in total. The first-order valence-electron chi connectivity index (χ1n) is 10.2. The molecule has 3 fully saturated rings. The Kier molecular flexibility index (Phi) is 4.79. The van der Waals surface area contributed by atoms with Crippen LogP contribution in [0.15, 0.2) is 4.63 Å². The zero-order chi connectivity index (χ0) is 18.1. The highest BCUT2D eigenvalue weighted by molar-refractivity contribution is 5.74. The van der Waals surface area contributed by atoms with E-state index in [0.717, 1.165) is 56.8 Å². The Morgan fingerprint density at radius 2 is 1.37 bits per heavy atom. The van der Waals surface area contributed by atoms with Crippen LogP contribution >= 0.6 is 0 Å². The number of anilines is 2. The Hall–Kier alpha value is -2.00. The fourth-order valence-electron chi connectivity index (χ4n) is 4.60. The van der Waals surface area contributed by atoms with Gasteiger partial charge in [0.25, 0.3) is 0 Å². The molecule has 0 radical (unpaired) electrons. The van der Waals surface area contributed by atoms with Crippen molar-refractivity contribution in [3.63, 3.8) is 0 Å². The average Bonchev–Trinajstić information content (AvgIpc) is 3.35. The first kappa shape index (κ1) is 17.1. The molecule has 3 aliphatic rings. The van der Waals surface area contributed by atoms with Crippen LogP contribution in [-0.2, 0) is 4.74 Å². The standard InChI is InChI=1S/C18H27N7O2/c1-2-5-14(4-1)23-6-3-7-24(9-8-23)17-18(25-10-12-26-13-11-25)20-16-15(19-17)21-27-22-16/h14H,1-13H2. The van der Waals surface area contributed by atoms with Crippen molar-refractivity contribution in [1.29, 1.82) is 0 Å². The van der Waals surface area contributed by atoms with Gasteiger partial charge < -0.3 is 14.5 Å². The minimum Gasteiger partial charge on any atom is -0.378 e. The van der Waals surface area contributed by atoms with Crippen molar-refractivity contribution < 1.29 is 9.37 Å². The summed E-state index contributed by atoms with van der Waals surface area (Å²) >= 11 is 0. The molecular formula is C18H27N7O2. The molecular weight excluding hydrogens is 346 g/mol. The molecule has 1 aliphatic carbocycles. The van der Waals surface area contributed by atoms with Gasteiger partial charge in [-0.3, -0.25) is 4.90 Å². The topological polar surface area (TPSA) is 83.7 Å². The summed E-state index contributed by atoms with van der Waals surface area (Å²) in [5.74, 6) is 1.80. The lowest BCUT2D eigenvalue weighted by atomic mass is 10.2. The summed E-state index contributed by atoms with van der Waals surface area (Å²) in [6.07, 6.45) is 6.63. The van der Waals surface area contributed by atoms with Crippen LogP contribution in [0.25, 0.3) is 11.3 Å². The molecule has 0 atom stereocenters. The Balaban J connectivity index is 1.42. The van der Waals surface area contributed by atoms with Crippen LogP contribution in [0.5, 0.6) is 0 Å². The maximum atomic E-state index is 5.51. The van der Waals surface area contributed by atoms with E-state index < -0.39 is 0 Å². The van der Waals surface area contributed by atoms with Crippen molar-refractivity contribution in [3.05, 3.63) is 0 Å². The normalized spacial score (nSPS) is 23.3. The number of hydrogen-bond acceptors (Lipinski definition) is 9. The van der Waals surface area contributed by atoms with Crippen LogP contribution in [0.4, 0.5) is 11.6 Å². The van der Waals surface area contributed by atoms with Gasteiger partial charge in [-0.1, -0.05) is 12.8 Å². The lowest BCUT2D eigenvalue weighted by Crippen LogP contribution is -2.40. The zero-order valence-corrected chi connectivity index (χ0v) is 15.7. The summed E-state index contributed by atoms with van der Waals surface area (Å²) in [4.78, 5) is 16.9. The predicted octanol–water partition coefficient (Wildman–Crippen LogP) is 1.30. The zero-order valence-electron chi connectivity index (χ0n) is 15.7. The van der Waals surface area contributed by atoms with Gasteiger partial charge in [0.05, 0.1) is 13.2 Å². The van der Waals surface area contributed by atoms with Crippen molar-refractivity contribution in [1.82, 2.24) is 25.2 Å². The third-order valence-corrected chi connectivity index (χ3v) is 6.06. The van der Waals surface area contributed by atoms with Crippen LogP contribution in [0.3, 0.4) is 0 Å². The highest BCUT2D eigenvalue weighted by atomic mass is 16.6. The molecule has 0 bridgehead atoms. The largest absolute Gasteiger partial charge is 0.378 e. The number of hydrogen-bond donors (Lipinski definition) is 0. The molecule has 4 heterocycles. The number of rotatable bonds is 3. The Morgan fingerprint density at radius 1 is 0.704 bits per heavy atom. The molecule has 2 aromatic rings. The first-order valence-corrected chi connectivity index (χ1v) is 10.2. The van der Waals surface area contributed by atoms with Gasteiger partial charge in [0, 0.05) is 45.3 Å². The molecule has 146 valence electrons. The Morgan fingerprint density at radius 3 is 2.07 bits per heavy atom. The van der Waals surface area contributed by atoms with E-state index in [1.807, 2.05) is 0 Å². The van der Waals surface area contributed by atoms with Gasteiger partial charge in [0.15, 0.2) is 11.6 Å². The van der Waals surface area contributed by atoms with Gasteiger partial charge in [0.2, 0.25) is 11.3 Å². The highest BCUT2D eigenvalue weighted by Crippen LogP contribution is 2.30. The molecule has 27 heavy (non-hydrogen) atoms. The van der Waals surface area contributed by atoms with Crippen LogP contribution in [0.2, 0.25) is 0 Å². The first-order chi connectivity index (χ1) is 13.4. The number of nitrogens with zero attached hydrogens (tertiary/aromatic N) is 7. The van der Waals surface area contributed by atoms with Gasteiger partial charge in [0.1, 0.15) is 0 Å². The van der Waals surface area contributed by atoms with Gasteiger partial charge in [-0.2, -0.15) is 0 Å². The molecule has 0 aromatic carbocycles. The van der Waals surface area contributed by atoms with E-state index in [1.54, 1.807) is 0 Å². The maximum absolute atomic E-state index is 5.51. The van der Waals surface area contributed by atoms with E-state index in [0.29, 0.717) is 24.5 Å². The fourth-order valence-corrected chi connectivity index (χ4v) is 4.60. The lowest BCUT2D eigenvalue weighted by molar-refractivity contribution is 0.122. The van der Waals surface area contributed by atoms with Crippen molar-refractivity contribution >= 4 is 22.9 Å². The van der Waals surface area contributed by atoms with E-state index in [2.05, 4.69) is 25.0 Å². The number of fused-ring (bicyclic) bond motifs is 1. The van der Waals surface area contributed by atoms with E-state index in [1.165, 1.54) is 32.2 Å². The summed E-state index contributed by atoms with van der Waals surface area (Å²) in [7, 11) is 0. The summed E-state index contributed by atoms with van der Waals surface area (Å²) < 4.78 is 10.4. The van der Waals surface area contributed by atoms with Crippen molar-refractivity contribution in [2.75, 3.05) is 62.3 Å². The Bertz CT molecular complexity index is 770. The average molecular weight is 373 g/mol. The van der Waals surface area contributed by atoms with Crippen molar-refractivity contribution in [2.45, 2.75) is 38.1 Å². The second-order valence-electron chi connectivity index (χ2n) is 7.70. The maximum Gasteiger partial charge on any atom is 0.245 e. The summed E-state index contributed by atoms with van der Waals surface area (Å²) in [5.41, 5.74) is 0.960. The molecule has 0 amide bonds. The summed E-state index contributed by atoms with van der Waals surface area (Å²) in [6.45, 7) is 7.29.